The van der Waals surface area contributed by atoms with Gasteiger partial charge in [0.15, 0.2) is 0 Å². The minimum absolute atomic E-state index is 0.237. The van der Waals surface area contributed by atoms with Crippen molar-refractivity contribution in [2.75, 3.05) is 0 Å². The molecule has 0 aromatic rings. The van der Waals surface area contributed by atoms with Gasteiger partial charge in [-0.15, -0.1) is 0 Å². The SMILES string of the molecule is CCC(Br)(Br)C1CCCCC1. The maximum Gasteiger partial charge on any atom is 0.0831 e. The second kappa shape index (κ2) is 4.27. The van der Waals surface area contributed by atoms with Gasteiger partial charge in [0.1, 0.15) is 0 Å². The minimum atomic E-state index is 0.237. The Labute approximate surface area is 86.4 Å². The number of hydrogen-bond acceptors (Lipinski definition) is 0. The van der Waals surface area contributed by atoms with Gasteiger partial charge in [0.05, 0.1) is 3.23 Å². The maximum atomic E-state index is 3.76. The van der Waals surface area contributed by atoms with E-state index in [2.05, 4.69) is 38.8 Å². The molecule has 11 heavy (non-hydrogen) atoms. The van der Waals surface area contributed by atoms with E-state index < -0.39 is 0 Å². The van der Waals surface area contributed by atoms with Gasteiger partial charge in [-0.05, 0) is 25.2 Å². The molecule has 0 saturated heterocycles. The van der Waals surface area contributed by atoms with E-state index in [0.717, 1.165) is 5.92 Å². The summed E-state index contributed by atoms with van der Waals surface area (Å²) in [5.41, 5.74) is 0. The Hall–Kier alpha value is 0.960. The summed E-state index contributed by atoms with van der Waals surface area (Å²) in [7, 11) is 0. The molecule has 0 atom stereocenters. The van der Waals surface area contributed by atoms with E-state index in [4.69, 9.17) is 0 Å². The second-order valence-electron chi connectivity index (χ2n) is 3.45. The molecular weight excluding hydrogens is 268 g/mol. The van der Waals surface area contributed by atoms with Crippen LogP contribution in [0.2, 0.25) is 0 Å². The average Bonchev–Trinajstić information content (AvgIpc) is 2.06. The van der Waals surface area contributed by atoms with Crippen molar-refractivity contribution in [1.29, 1.82) is 0 Å². The van der Waals surface area contributed by atoms with Gasteiger partial charge in [-0.3, -0.25) is 0 Å². The lowest BCUT2D eigenvalue weighted by Gasteiger charge is -2.32. The van der Waals surface area contributed by atoms with Crippen molar-refractivity contribution >= 4 is 31.9 Å². The normalized spacial score (nSPS) is 22.1. The largest absolute Gasteiger partial charge is 0.0831 e. The Morgan fingerprint density at radius 2 is 1.73 bits per heavy atom. The van der Waals surface area contributed by atoms with Gasteiger partial charge in [0, 0.05) is 0 Å². The number of rotatable bonds is 2. The highest BCUT2D eigenvalue weighted by Gasteiger charge is 2.32. The molecule has 0 unspecified atom stereocenters. The van der Waals surface area contributed by atoms with Crippen molar-refractivity contribution in [2.24, 2.45) is 5.92 Å². The Kier molecular flexibility index (Phi) is 3.90. The zero-order valence-electron chi connectivity index (χ0n) is 7.08. The summed E-state index contributed by atoms with van der Waals surface area (Å²) in [5.74, 6) is 0.848. The summed E-state index contributed by atoms with van der Waals surface area (Å²) in [6.07, 6.45) is 8.25. The Balaban J connectivity index is 2.43. The second-order valence-corrected chi connectivity index (χ2v) is 7.34. The third-order valence-corrected chi connectivity index (χ3v) is 5.09. The molecule has 1 aliphatic rings. The summed E-state index contributed by atoms with van der Waals surface area (Å²) in [6.45, 7) is 2.23. The molecule has 0 aromatic heterocycles. The van der Waals surface area contributed by atoms with Gasteiger partial charge in [0.25, 0.3) is 0 Å². The van der Waals surface area contributed by atoms with Gasteiger partial charge in [-0.2, -0.15) is 0 Å². The summed E-state index contributed by atoms with van der Waals surface area (Å²) in [4.78, 5) is 0. The molecule has 0 N–H and O–H groups in total. The molecule has 0 spiro atoms. The van der Waals surface area contributed by atoms with Crippen LogP contribution in [0, 0.1) is 5.92 Å². The Morgan fingerprint density at radius 3 is 2.18 bits per heavy atom. The van der Waals surface area contributed by atoms with E-state index in [0.29, 0.717) is 0 Å². The monoisotopic (exact) mass is 282 g/mol. The van der Waals surface area contributed by atoms with Crippen LogP contribution in [0.3, 0.4) is 0 Å². The van der Waals surface area contributed by atoms with E-state index in [9.17, 15) is 0 Å². The van der Waals surface area contributed by atoms with Crippen LogP contribution in [0.15, 0.2) is 0 Å². The third kappa shape index (κ3) is 2.73. The zero-order valence-corrected chi connectivity index (χ0v) is 10.2. The van der Waals surface area contributed by atoms with E-state index in [1.54, 1.807) is 0 Å². The molecule has 0 amide bonds. The highest BCUT2D eigenvalue weighted by molar-refractivity contribution is 9.25. The topological polar surface area (TPSA) is 0 Å². The van der Waals surface area contributed by atoms with E-state index in [1.807, 2.05) is 0 Å². The molecule has 66 valence electrons. The number of alkyl halides is 2. The quantitative estimate of drug-likeness (QED) is 0.656. The highest BCUT2D eigenvalue weighted by atomic mass is 79.9. The van der Waals surface area contributed by atoms with Gasteiger partial charge in [-0.25, -0.2) is 0 Å². The molecule has 0 aliphatic heterocycles. The van der Waals surface area contributed by atoms with Crippen LogP contribution in [-0.4, -0.2) is 3.23 Å². The smallest absolute Gasteiger partial charge is 0.0724 e. The van der Waals surface area contributed by atoms with Crippen LogP contribution in [-0.2, 0) is 0 Å². The van der Waals surface area contributed by atoms with Crippen molar-refractivity contribution in [1.82, 2.24) is 0 Å². The molecule has 1 fully saturated rings. The predicted octanol–water partition coefficient (Wildman–Crippen LogP) is 4.46. The van der Waals surface area contributed by atoms with Gasteiger partial charge in [-0.1, -0.05) is 58.0 Å². The first kappa shape index (κ1) is 10.0. The molecular formula is C9H16Br2. The van der Waals surface area contributed by atoms with Gasteiger partial charge >= 0.3 is 0 Å². The Morgan fingerprint density at radius 1 is 1.18 bits per heavy atom. The lowest BCUT2D eigenvalue weighted by Crippen LogP contribution is -2.25. The lowest BCUT2D eigenvalue weighted by molar-refractivity contribution is 0.336. The van der Waals surface area contributed by atoms with Crippen LogP contribution >= 0.6 is 31.9 Å². The average molecular weight is 284 g/mol. The number of halogens is 2. The molecule has 0 heterocycles. The Bertz CT molecular complexity index is 115. The van der Waals surface area contributed by atoms with Crippen molar-refractivity contribution in [2.45, 2.75) is 48.7 Å². The van der Waals surface area contributed by atoms with Gasteiger partial charge in [0.2, 0.25) is 0 Å². The molecule has 2 heteroatoms. The first-order valence-electron chi connectivity index (χ1n) is 4.54. The van der Waals surface area contributed by atoms with E-state index in [1.165, 1.54) is 38.5 Å². The summed E-state index contributed by atoms with van der Waals surface area (Å²) in [6, 6.07) is 0. The summed E-state index contributed by atoms with van der Waals surface area (Å²) >= 11 is 7.52. The van der Waals surface area contributed by atoms with Crippen LogP contribution < -0.4 is 0 Å². The molecule has 0 nitrogen and oxygen atoms in total. The predicted molar refractivity (Wildman–Crippen MR) is 57.5 cm³/mol. The van der Waals surface area contributed by atoms with Crippen molar-refractivity contribution in [3.63, 3.8) is 0 Å². The molecule has 0 aromatic carbocycles. The molecule has 0 bridgehead atoms. The van der Waals surface area contributed by atoms with Crippen LogP contribution in [0.4, 0.5) is 0 Å². The summed E-state index contributed by atoms with van der Waals surface area (Å²) < 4.78 is 0.237. The van der Waals surface area contributed by atoms with Crippen LogP contribution in [0.5, 0.6) is 0 Å². The van der Waals surface area contributed by atoms with E-state index in [-0.39, 0.29) is 3.23 Å². The first-order chi connectivity index (χ1) is 5.17. The van der Waals surface area contributed by atoms with Crippen LogP contribution in [0.1, 0.15) is 45.4 Å². The standard InChI is InChI=1S/C9H16Br2/c1-2-9(10,11)8-6-4-3-5-7-8/h8H,2-7H2,1H3. The minimum Gasteiger partial charge on any atom is -0.0724 e. The molecule has 1 saturated carbocycles. The number of hydrogen-bond donors (Lipinski definition) is 0. The van der Waals surface area contributed by atoms with Gasteiger partial charge < -0.3 is 0 Å². The fourth-order valence-corrected chi connectivity index (χ4v) is 2.73. The first-order valence-corrected chi connectivity index (χ1v) is 6.13. The fraction of sp³-hybridized carbons (Fsp3) is 1.00. The van der Waals surface area contributed by atoms with E-state index >= 15 is 0 Å². The van der Waals surface area contributed by atoms with Crippen molar-refractivity contribution in [3.05, 3.63) is 0 Å². The van der Waals surface area contributed by atoms with Crippen molar-refractivity contribution < 1.29 is 0 Å². The molecule has 1 aliphatic carbocycles. The highest BCUT2D eigenvalue weighted by Crippen LogP contribution is 2.44. The van der Waals surface area contributed by atoms with Crippen molar-refractivity contribution in [3.8, 4) is 0 Å². The maximum absolute atomic E-state index is 3.76. The fourth-order valence-electron chi connectivity index (χ4n) is 1.81. The zero-order chi connectivity index (χ0) is 8.32. The third-order valence-electron chi connectivity index (χ3n) is 2.67. The summed E-state index contributed by atoms with van der Waals surface area (Å²) in [5, 5.41) is 0. The lowest BCUT2D eigenvalue weighted by atomic mass is 9.86. The molecule has 0 radical (unpaired) electrons. The van der Waals surface area contributed by atoms with Crippen LogP contribution in [0.25, 0.3) is 0 Å². The molecule has 1 rings (SSSR count).